The topological polar surface area (TPSA) is 15.6 Å². The van der Waals surface area contributed by atoms with E-state index in [0.29, 0.717) is 0 Å². The maximum absolute atomic E-state index is 5.17. The minimum atomic E-state index is -0.348. The van der Waals surface area contributed by atoms with E-state index in [1.54, 1.807) is 0 Å². The van der Waals surface area contributed by atoms with Crippen LogP contribution in [0.25, 0.3) is 0 Å². The Morgan fingerprint density at radius 2 is 1.30 bits per heavy atom. The van der Waals surface area contributed by atoms with Crippen LogP contribution in [-0.2, 0) is 5.54 Å². The average Bonchev–Trinajstić information content (AvgIpc) is 2.93. The van der Waals surface area contributed by atoms with Gasteiger partial charge in [0.1, 0.15) is 5.54 Å². The molecule has 3 aromatic carbocycles. The summed E-state index contributed by atoms with van der Waals surface area (Å²) >= 11 is 0. The van der Waals surface area contributed by atoms with Gasteiger partial charge in [0, 0.05) is 16.8 Å². The van der Waals surface area contributed by atoms with Crippen LogP contribution in [0, 0.1) is 0 Å². The number of nitrogens with zero attached hydrogens (tertiary/aromatic N) is 2. The van der Waals surface area contributed by atoms with Gasteiger partial charge in [-0.15, -0.1) is 0 Å². The lowest BCUT2D eigenvalue weighted by Crippen LogP contribution is -2.54. The third-order valence-corrected chi connectivity index (χ3v) is 5.31. The van der Waals surface area contributed by atoms with Crippen molar-refractivity contribution in [3.05, 3.63) is 96.1 Å². The molecule has 0 fully saturated rings. The zero-order chi connectivity index (χ0) is 19.1. The molecular formula is C25H26N2. The maximum Gasteiger partial charge on any atom is 0.106 e. The Kier molecular flexibility index (Phi) is 4.15. The highest BCUT2D eigenvalue weighted by Gasteiger charge is 2.50. The van der Waals surface area contributed by atoms with E-state index in [-0.39, 0.29) is 11.1 Å². The fraction of sp³-hybridized carbons (Fsp3) is 0.240. The van der Waals surface area contributed by atoms with Crippen molar-refractivity contribution in [2.24, 2.45) is 4.99 Å². The first-order valence-electron chi connectivity index (χ1n) is 9.52. The molecular weight excluding hydrogens is 328 g/mol. The summed E-state index contributed by atoms with van der Waals surface area (Å²) < 4.78 is 0. The molecule has 0 radical (unpaired) electrons. The van der Waals surface area contributed by atoms with Gasteiger partial charge in [0.15, 0.2) is 0 Å². The standard InChI is InChI=1S/C25H26N2/c1-24(2,3)27-22-18-12-11-17-21(22)23(26-20-15-9-6-10-16-20)25(27,4)19-13-7-5-8-14-19/h5-18H,1-4H3. The molecule has 2 nitrogen and oxygen atoms in total. The molecule has 4 rings (SSSR count). The summed E-state index contributed by atoms with van der Waals surface area (Å²) in [6, 6.07) is 29.6. The number of benzene rings is 3. The Morgan fingerprint density at radius 3 is 1.93 bits per heavy atom. The van der Waals surface area contributed by atoms with Crippen LogP contribution in [0.2, 0.25) is 0 Å². The molecule has 1 aliphatic heterocycles. The van der Waals surface area contributed by atoms with Crippen LogP contribution in [0.3, 0.4) is 0 Å². The Labute approximate surface area is 162 Å². The second kappa shape index (κ2) is 6.38. The van der Waals surface area contributed by atoms with Gasteiger partial charge in [-0.25, -0.2) is 4.99 Å². The molecule has 0 amide bonds. The van der Waals surface area contributed by atoms with E-state index >= 15 is 0 Å². The SMILES string of the molecule is CC(C)(C)N1c2ccccc2C(=Nc2ccccc2)C1(C)c1ccccc1. The number of para-hydroxylation sites is 2. The molecule has 0 bridgehead atoms. The highest BCUT2D eigenvalue weighted by Crippen LogP contribution is 2.49. The van der Waals surface area contributed by atoms with Gasteiger partial charge in [0.25, 0.3) is 0 Å². The summed E-state index contributed by atoms with van der Waals surface area (Å²) in [7, 11) is 0. The van der Waals surface area contributed by atoms with Crippen molar-refractivity contribution >= 4 is 17.1 Å². The lowest BCUT2D eigenvalue weighted by Gasteiger charge is -2.46. The van der Waals surface area contributed by atoms with Crippen molar-refractivity contribution in [1.29, 1.82) is 0 Å². The number of hydrogen-bond acceptors (Lipinski definition) is 2. The summed E-state index contributed by atoms with van der Waals surface area (Å²) in [4.78, 5) is 7.69. The van der Waals surface area contributed by atoms with Gasteiger partial charge in [0.2, 0.25) is 0 Å². The second-order valence-electron chi connectivity index (χ2n) is 8.26. The minimum Gasteiger partial charge on any atom is -0.351 e. The zero-order valence-corrected chi connectivity index (χ0v) is 16.5. The van der Waals surface area contributed by atoms with Crippen molar-refractivity contribution < 1.29 is 0 Å². The van der Waals surface area contributed by atoms with Crippen molar-refractivity contribution in [2.45, 2.75) is 38.8 Å². The summed E-state index contributed by atoms with van der Waals surface area (Å²) in [5.41, 5.74) is 5.39. The molecule has 136 valence electrons. The Morgan fingerprint density at radius 1 is 0.741 bits per heavy atom. The predicted molar refractivity (Wildman–Crippen MR) is 115 cm³/mol. The van der Waals surface area contributed by atoms with Crippen LogP contribution in [0.5, 0.6) is 0 Å². The van der Waals surface area contributed by atoms with Crippen molar-refractivity contribution in [3.63, 3.8) is 0 Å². The smallest absolute Gasteiger partial charge is 0.106 e. The summed E-state index contributed by atoms with van der Waals surface area (Å²) in [6.07, 6.45) is 0. The normalized spacial score (nSPS) is 20.7. The largest absolute Gasteiger partial charge is 0.351 e. The van der Waals surface area contributed by atoms with Crippen molar-refractivity contribution in [1.82, 2.24) is 0 Å². The molecule has 1 unspecified atom stereocenters. The zero-order valence-electron chi connectivity index (χ0n) is 16.5. The van der Waals surface area contributed by atoms with E-state index in [9.17, 15) is 0 Å². The minimum absolute atomic E-state index is 0.0609. The number of anilines is 1. The molecule has 0 aromatic heterocycles. The predicted octanol–water partition coefficient (Wildman–Crippen LogP) is 6.34. The molecule has 27 heavy (non-hydrogen) atoms. The first kappa shape index (κ1) is 17.5. The van der Waals surface area contributed by atoms with Crippen LogP contribution in [0.1, 0.15) is 38.8 Å². The Bertz CT molecular complexity index is 968. The molecule has 0 spiro atoms. The second-order valence-corrected chi connectivity index (χ2v) is 8.26. The van der Waals surface area contributed by atoms with Gasteiger partial charge < -0.3 is 4.90 Å². The van der Waals surface area contributed by atoms with Crippen LogP contribution >= 0.6 is 0 Å². The first-order valence-corrected chi connectivity index (χ1v) is 9.52. The molecule has 0 saturated heterocycles. The fourth-order valence-corrected chi connectivity index (χ4v) is 4.34. The highest BCUT2D eigenvalue weighted by atomic mass is 15.3. The number of fused-ring (bicyclic) bond motifs is 1. The first-order chi connectivity index (χ1) is 12.9. The molecule has 2 heteroatoms. The lowest BCUT2D eigenvalue weighted by atomic mass is 9.83. The molecule has 1 atom stereocenters. The molecule has 0 saturated carbocycles. The third-order valence-electron chi connectivity index (χ3n) is 5.31. The summed E-state index contributed by atoms with van der Waals surface area (Å²) in [5.74, 6) is 0. The van der Waals surface area contributed by atoms with Gasteiger partial charge in [-0.1, -0.05) is 66.7 Å². The van der Waals surface area contributed by atoms with Gasteiger partial charge >= 0.3 is 0 Å². The van der Waals surface area contributed by atoms with Crippen molar-refractivity contribution in [2.75, 3.05) is 4.90 Å². The van der Waals surface area contributed by atoms with Crippen molar-refractivity contribution in [3.8, 4) is 0 Å². The molecule has 1 aliphatic rings. The van der Waals surface area contributed by atoms with E-state index in [2.05, 4.69) is 99.3 Å². The lowest BCUT2D eigenvalue weighted by molar-refractivity contribution is 0.424. The third kappa shape index (κ3) is 2.86. The number of aliphatic imine (C=N–C) groups is 1. The number of rotatable bonds is 2. The van der Waals surface area contributed by atoms with E-state index < -0.39 is 0 Å². The summed E-state index contributed by atoms with van der Waals surface area (Å²) in [6.45, 7) is 9.12. The van der Waals surface area contributed by atoms with Crippen LogP contribution in [-0.4, -0.2) is 11.3 Å². The Hall–Kier alpha value is -2.87. The summed E-state index contributed by atoms with van der Waals surface area (Å²) in [5, 5.41) is 0. The fourth-order valence-electron chi connectivity index (χ4n) is 4.34. The molecule has 0 N–H and O–H groups in total. The molecule has 3 aromatic rings. The number of hydrogen-bond donors (Lipinski definition) is 0. The maximum atomic E-state index is 5.17. The molecule has 1 heterocycles. The van der Waals surface area contributed by atoms with Gasteiger partial charge in [-0.05, 0) is 51.5 Å². The van der Waals surface area contributed by atoms with Crippen LogP contribution < -0.4 is 4.90 Å². The van der Waals surface area contributed by atoms with Gasteiger partial charge in [-0.2, -0.15) is 0 Å². The quantitative estimate of drug-likeness (QED) is 0.524. The van der Waals surface area contributed by atoms with E-state index in [1.807, 2.05) is 18.2 Å². The van der Waals surface area contributed by atoms with Crippen LogP contribution in [0.15, 0.2) is 89.9 Å². The average molecular weight is 354 g/mol. The van der Waals surface area contributed by atoms with E-state index in [1.165, 1.54) is 16.8 Å². The monoisotopic (exact) mass is 354 g/mol. The highest BCUT2D eigenvalue weighted by molar-refractivity contribution is 6.18. The van der Waals surface area contributed by atoms with Gasteiger partial charge in [-0.3, -0.25) is 0 Å². The van der Waals surface area contributed by atoms with Gasteiger partial charge in [0.05, 0.1) is 11.4 Å². The Balaban J connectivity index is 2.04. The molecule has 0 aliphatic carbocycles. The van der Waals surface area contributed by atoms with E-state index in [4.69, 9.17) is 4.99 Å². The van der Waals surface area contributed by atoms with E-state index in [0.717, 1.165) is 11.4 Å². The van der Waals surface area contributed by atoms with Crippen LogP contribution in [0.4, 0.5) is 11.4 Å².